The predicted octanol–water partition coefficient (Wildman–Crippen LogP) is 1.54. The third-order valence-electron chi connectivity index (χ3n) is 2.91. The van der Waals surface area contributed by atoms with E-state index in [9.17, 15) is 4.79 Å². The van der Waals surface area contributed by atoms with Crippen LogP contribution < -0.4 is 11.1 Å². The van der Waals surface area contributed by atoms with E-state index in [1.807, 2.05) is 6.07 Å². The van der Waals surface area contributed by atoms with Crippen molar-refractivity contribution in [3.8, 4) is 0 Å². The highest BCUT2D eigenvalue weighted by atomic mass is 32.1. The number of pyridine rings is 1. The number of nitrogens with two attached hydrogens (primary N) is 1. The lowest BCUT2D eigenvalue weighted by Gasteiger charge is -2.02. The Morgan fingerprint density at radius 1 is 1.52 bits per heavy atom. The fourth-order valence-electron chi connectivity index (χ4n) is 1.93. The molecule has 0 saturated carbocycles. The number of carbonyl (C=O) groups is 1. The minimum absolute atomic E-state index is 0.212. The average Bonchev–Trinajstić information content (AvgIpc) is 3.03. The number of aryl methyl sites for hydroxylation is 1. The van der Waals surface area contributed by atoms with Crippen LogP contribution in [0.2, 0.25) is 0 Å². The van der Waals surface area contributed by atoms with Crippen LogP contribution in [-0.4, -0.2) is 27.6 Å². The van der Waals surface area contributed by atoms with E-state index in [2.05, 4.69) is 20.4 Å². The molecule has 0 aliphatic carbocycles. The van der Waals surface area contributed by atoms with Crippen molar-refractivity contribution in [3.05, 3.63) is 34.9 Å². The van der Waals surface area contributed by atoms with Gasteiger partial charge < -0.3 is 15.6 Å². The number of rotatable bonds is 4. The summed E-state index contributed by atoms with van der Waals surface area (Å²) < 4.78 is 4.87. The van der Waals surface area contributed by atoms with Gasteiger partial charge in [0.05, 0.1) is 5.69 Å². The first-order valence-corrected chi connectivity index (χ1v) is 7.17. The van der Waals surface area contributed by atoms with Gasteiger partial charge in [0.2, 0.25) is 5.89 Å². The summed E-state index contributed by atoms with van der Waals surface area (Å²) >= 11 is 1.28. The van der Waals surface area contributed by atoms with Crippen molar-refractivity contribution in [2.24, 2.45) is 0 Å². The number of thiophene rings is 1. The average molecular weight is 303 g/mol. The highest BCUT2D eigenvalue weighted by Gasteiger charge is 2.16. The third kappa shape index (κ3) is 2.70. The molecule has 1 amide bonds. The number of anilines is 1. The maximum Gasteiger partial charge on any atom is 0.263 e. The van der Waals surface area contributed by atoms with Crippen LogP contribution in [0.25, 0.3) is 10.2 Å². The van der Waals surface area contributed by atoms with Crippen LogP contribution in [0, 0.1) is 6.92 Å². The molecule has 108 valence electrons. The molecule has 0 radical (unpaired) electrons. The fourth-order valence-corrected chi connectivity index (χ4v) is 2.91. The van der Waals surface area contributed by atoms with Crippen molar-refractivity contribution in [1.29, 1.82) is 0 Å². The quantitative estimate of drug-likeness (QED) is 0.757. The minimum Gasteiger partial charge on any atom is -0.397 e. The third-order valence-corrected chi connectivity index (χ3v) is 4.04. The van der Waals surface area contributed by atoms with Crippen LogP contribution in [0.3, 0.4) is 0 Å². The minimum atomic E-state index is -0.212. The largest absolute Gasteiger partial charge is 0.397 e. The molecule has 0 spiro atoms. The molecule has 0 fully saturated rings. The molecule has 0 atom stereocenters. The van der Waals surface area contributed by atoms with Gasteiger partial charge in [-0.15, -0.1) is 11.3 Å². The molecule has 3 rings (SSSR count). The van der Waals surface area contributed by atoms with Crippen LogP contribution in [0.5, 0.6) is 0 Å². The smallest absolute Gasteiger partial charge is 0.263 e. The Hall–Kier alpha value is -2.48. The molecule has 3 N–H and O–H groups in total. The lowest BCUT2D eigenvalue weighted by Crippen LogP contribution is -2.25. The van der Waals surface area contributed by atoms with Gasteiger partial charge in [-0.1, -0.05) is 5.16 Å². The molecular formula is C13H13N5O2S. The van der Waals surface area contributed by atoms with Gasteiger partial charge in [0.15, 0.2) is 5.82 Å². The van der Waals surface area contributed by atoms with Crippen LogP contribution in [-0.2, 0) is 6.42 Å². The fraction of sp³-hybridized carbons (Fsp3) is 0.231. The zero-order valence-corrected chi connectivity index (χ0v) is 12.1. The molecule has 0 aliphatic rings. The normalized spacial score (nSPS) is 10.9. The monoisotopic (exact) mass is 303 g/mol. The Bertz CT molecular complexity index is 795. The van der Waals surface area contributed by atoms with Gasteiger partial charge in [-0.25, -0.2) is 4.98 Å². The van der Waals surface area contributed by atoms with Gasteiger partial charge in [0.1, 0.15) is 9.71 Å². The van der Waals surface area contributed by atoms with E-state index in [4.69, 9.17) is 10.3 Å². The first kappa shape index (κ1) is 13.5. The van der Waals surface area contributed by atoms with Crippen molar-refractivity contribution >= 4 is 33.1 Å². The number of nitrogens with one attached hydrogen (secondary N) is 1. The number of carbonyl (C=O) groups excluding carboxylic acids is 1. The van der Waals surface area contributed by atoms with Crippen molar-refractivity contribution in [3.63, 3.8) is 0 Å². The summed E-state index contributed by atoms with van der Waals surface area (Å²) in [4.78, 5) is 21.7. The topological polar surface area (TPSA) is 107 Å². The van der Waals surface area contributed by atoms with Gasteiger partial charge in [0.25, 0.3) is 5.91 Å². The molecule has 7 nitrogen and oxygen atoms in total. The highest BCUT2D eigenvalue weighted by Crippen LogP contribution is 2.31. The summed E-state index contributed by atoms with van der Waals surface area (Å²) in [5, 5.41) is 7.38. The summed E-state index contributed by atoms with van der Waals surface area (Å²) in [5.41, 5.74) is 6.46. The van der Waals surface area contributed by atoms with Crippen LogP contribution in [0.1, 0.15) is 21.4 Å². The van der Waals surface area contributed by atoms with E-state index < -0.39 is 0 Å². The second-order valence-corrected chi connectivity index (χ2v) is 5.44. The SMILES string of the molecule is Cc1nc(CCNC(=O)c2sc3ncccc3c2N)no1. The molecule has 8 heteroatoms. The van der Waals surface area contributed by atoms with Gasteiger partial charge in [-0.2, -0.15) is 4.98 Å². The van der Waals surface area contributed by atoms with Crippen molar-refractivity contribution in [1.82, 2.24) is 20.4 Å². The number of aromatic nitrogens is 3. The number of fused-ring (bicyclic) bond motifs is 1. The van der Waals surface area contributed by atoms with E-state index in [1.54, 1.807) is 19.2 Å². The van der Waals surface area contributed by atoms with Crippen molar-refractivity contribution in [2.45, 2.75) is 13.3 Å². The first-order valence-electron chi connectivity index (χ1n) is 6.35. The second-order valence-electron chi connectivity index (χ2n) is 4.44. The number of amides is 1. The van der Waals surface area contributed by atoms with Crippen molar-refractivity contribution in [2.75, 3.05) is 12.3 Å². The van der Waals surface area contributed by atoms with Gasteiger partial charge >= 0.3 is 0 Å². The Kier molecular flexibility index (Phi) is 3.53. The molecule has 0 aromatic carbocycles. The molecule has 0 aliphatic heterocycles. The number of hydrogen-bond acceptors (Lipinski definition) is 7. The Morgan fingerprint density at radius 2 is 2.38 bits per heavy atom. The molecule has 3 aromatic heterocycles. The molecule has 21 heavy (non-hydrogen) atoms. The maximum absolute atomic E-state index is 12.2. The van der Waals surface area contributed by atoms with Crippen LogP contribution in [0.15, 0.2) is 22.9 Å². The summed E-state index contributed by atoms with van der Waals surface area (Å²) in [6.45, 7) is 2.14. The molecule has 0 unspecified atom stereocenters. The lowest BCUT2D eigenvalue weighted by atomic mass is 10.2. The highest BCUT2D eigenvalue weighted by molar-refractivity contribution is 7.21. The summed E-state index contributed by atoms with van der Waals surface area (Å²) in [6.07, 6.45) is 2.19. The molecule has 0 bridgehead atoms. The van der Waals surface area contributed by atoms with Crippen LogP contribution >= 0.6 is 11.3 Å². The van der Waals surface area contributed by atoms with E-state index in [0.717, 1.165) is 10.2 Å². The van der Waals surface area contributed by atoms with Gasteiger partial charge in [0, 0.05) is 31.5 Å². The molecular weight excluding hydrogens is 290 g/mol. The van der Waals surface area contributed by atoms with Crippen LogP contribution in [0.4, 0.5) is 5.69 Å². The van der Waals surface area contributed by atoms with Gasteiger partial charge in [-0.3, -0.25) is 4.79 Å². The number of hydrogen-bond donors (Lipinski definition) is 2. The standard InChI is InChI=1S/C13H13N5O2S/c1-7-17-9(18-20-7)4-6-15-12(19)11-10(14)8-3-2-5-16-13(8)21-11/h2-3,5H,4,6,14H2,1H3,(H,15,19). The van der Waals surface area contributed by atoms with E-state index in [-0.39, 0.29) is 5.91 Å². The summed E-state index contributed by atoms with van der Waals surface area (Å²) in [7, 11) is 0. The predicted molar refractivity (Wildman–Crippen MR) is 79.1 cm³/mol. The molecule has 3 aromatic rings. The molecule has 0 saturated heterocycles. The zero-order valence-electron chi connectivity index (χ0n) is 11.3. The van der Waals surface area contributed by atoms with E-state index >= 15 is 0 Å². The Balaban J connectivity index is 1.68. The maximum atomic E-state index is 12.2. The summed E-state index contributed by atoms with van der Waals surface area (Å²) in [6, 6.07) is 3.65. The zero-order chi connectivity index (χ0) is 14.8. The Labute approximate surface area is 124 Å². The van der Waals surface area contributed by atoms with Gasteiger partial charge in [-0.05, 0) is 12.1 Å². The summed E-state index contributed by atoms with van der Waals surface area (Å²) in [5.74, 6) is 0.866. The first-order chi connectivity index (χ1) is 10.1. The number of nitrogen functional groups attached to an aromatic ring is 1. The second kappa shape index (κ2) is 5.49. The van der Waals surface area contributed by atoms with Crippen molar-refractivity contribution < 1.29 is 9.32 Å². The van der Waals surface area contributed by atoms with E-state index in [1.165, 1.54) is 11.3 Å². The van der Waals surface area contributed by atoms with E-state index in [0.29, 0.717) is 35.2 Å². The number of nitrogens with zero attached hydrogens (tertiary/aromatic N) is 3. The lowest BCUT2D eigenvalue weighted by molar-refractivity contribution is 0.0959. The Morgan fingerprint density at radius 3 is 3.10 bits per heavy atom. The molecule has 3 heterocycles.